The third-order valence-corrected chi connectivity index (χ3v) is 5.55. The lowest BCUT2D eigenvalue weighted by Gasteiger charge is -2.13. The summed E-state index contributed by atoms with van der Waals surface area (Å²) in [6, 6.07) is 34.5. The lowest BCUT2D eigenvalue weighted by atomic mass is 9.99. The first-order valence-corrected chi connectivity index (χ1v) is 10.9. The molecule has 0 atom stereocenters. The zero-order chi connectivity index (χ0) is 23.3. The number of halogens is 1. The van der Waals surface area contributed by atoms with Gasteiger partial charge < -0.3 is 4.74 Å². The Morgan fingerprint density at radius 3 is 1.94 bits per heavy atom. The largest absolute Gasteiger partial charge is 0.486 e. The van der Waals surface area contributed by atoms with Crippen molar-refractivity contribution in [2.75, 3.05) is 0 Å². The average Bonchev–Trinajstić information content (AvgIpc) is 3.28. The molecule has 34 heavy (non-hydrogen) atoms. The number of hydrogen-bond donors (Lipinski definition) is 0. The highest BCUT2D eigenvalue weighted by molar-refractivity contribution is 5.91. The van der Waals surface area contributed by atoms with E-state index in [4.69, 9.17) is 9.84 Å². The molecule has 0 unspecified atom stereocenters. The van der Waals surface area contributed by atoms with Gasteiger partial charge in [0.15, 0.2) is 0 Å². The van der Waals surface area contributed by atoms with Crippen molar-refractivity contribution in [3.63, 3.8) is 0 Å². The predicted octanol–water partition coefficient (Wildman–Crippen LogP) is 6.90. The molecule has 5 heteroatoms. The van der Waals surface area contributed by atoms with Gasteiger partial charge in [0.05, 0.1) is 16.9 Å². The molecule has 0 spiro atoms. The third kappa shape index (κ3) is 4.24. The number of ether oxygens (including phenoxy) is 1. The van der Waals surface area contributed by atoms with E-state index in [1.54, 1.807) is 18.2 Å². The van der Waals surface area contributed by atoms with Gasteiger partial charge in [0.25, 0.3) is 0 Å². The van der Waals surface area contributed by atoms with Crippen molar-refractivity contribution in [3.05, 3.63) is 127 Å². The second-order valence-electron chi connectivity index (χ2n) is 7.71. The van der Waals surface area contributed by atoms with Gasteiger partial charge >= 0.3 is 6.04 Å². The van der Waals surface area contributed by atoms with Gasteiger partial charge in [0.2, 0.25) is 0 Å². The molecule has 166 valence electrons. The molecular formula is C29H21FN2O2. The van der Waals surface area contributed by atoms with Gasteiger partial charge in [0.1, 0.15) is 18.1 Å². The van der Waals surface area contributed by atoms with Crippen LogP contribution in [-0.2, 0) is 6.61 Å². The Morgan fingerprint density at radius 2 is 1.29 bits per heavy atom. The molecule has 0 fully saturated rings. The van der Waals surface area contributed by atoms with E-state index >= 15 is 0 Å². The molecule has 0 bridgehead atoms. The monoisotopic (exact) mass is 448 g/mol. The van der Waals surface area contributed by atoms with Crippen LogP contribution in [0.3, 0.4) is 0 Å². The Hall–Kier alpha value is -4.51. The maximum Gasteiger partial charge on any atom is 0.335 e. The lowest BCUT2D eigenvalue weighted by Crippen LogP contribution is -2.08. The maximum atomic E-state index is 13.6. The molecule has 4 nitrogen and oxygen atoms in total. The van der Waals surface area contributed by atoms with E-state index in [1.165, 1.54) is 6.07 Å². The minimum Gasteiger partial charge on any atom is -0.486 e. The lowest BCUT2D eigenvalue weighted by molar-refractivity contribution is 0.0831. The summed E-state index contributed by atoms with van der Waals surface area (Å²) >= 11 is 0. The molecule has 0 aliphatic carbocycles. The topological polar surface area (TPSA) is 44.1 Å². The van der Waals surface area contributed by atoms with Gasteiger partial charge in [-0.2, -0.15) is 9.49 Å². The smallest absolute Gasteiger partial charge is 0.335 e. The zero-order valence-corrected chi connectivity index (χ0v) is 18.3. The van der Waals surface area contributed by atoms with Gasteiger partial charge in [-0.25, -0.2) is 4.68 Å². The third-order valence-electron chi connectivity index (χ3n) is 5.55. The first kappa shape index (κ1) is 21.3. The standard InChI is InChI=1S/C29H21FN2O2/c30-29(33)24-18-10-11-19-26(24)34-20-25-27(21-12-4-1-5-13-21)28(22-14-6-2-7-15-22)31-32(25)23-16-8-3-9-17-23/h1-19H,20H2. The van der Waals surface area contributed by atoms with Crippen molar-refractivity contribution in [1.82, 2.24) is 9.78 Å². The first-order chi connectivity index (χ1) is 16.7. The summed E-state index contributed by atoms with van der Waals surface area (Å²) in [6.45, 7) is 0.0866. The molecule has 0 saturated heterocycles. The summed E-state index contributed by atoms with van der Waals surface area (Å²) in [7, 11) is 0. The molecule has 1 heterocycles. The molecule has 0 aliphatic heterocycles. The van der Waals surface area contributed by atoms with E-state index in [9.17, 15) is 9.18 Å². The molecule has 1 aromatic heterocycles. The molecular weight excluding hydrogens is 427 g/mol. The molecule has 4 aromatic carbocycles. The van der Waals surface area contributed by atoms with Crippen LogP contribution in [0.5, 0.6) is 5.75 Å². The number of para-hydroxylation sites is 2. The highest BCUT2D eigenvalue weighted by atomic mass is 19.1. The SMILES string of the molecule is O=C(F)c1ccccc1OCc1c(-c2ccccc2)c(-c2ccccc2)nn1-c1ccccc1. The Bertz CT molecular complexity index is 1420. The fourth-order valence-corrected chi connectivity index (χ4v) is 3.98. The number of carbonyl (C=O) groups is 1. The summed E-state index contributed by atoms with van der Waals surface area (Å²) < 4.78 is 21.5. The van der Waals surface area contributed by atoms with Gasteiger partial charge in [-0.3, -0.25) is 4.79 Å². The normalized spacial score (nSPS) is 10.7. The number of benzene rings is 4. The van der Waals surface area contributed by atoms with Crippen LogP contribution >= 0.6 is 0 Å². The second-order valence-corrected chi connectivity index (χ2v) is 7.71. The van der Waals surface area contributed by atoms with Crippen LogP contribution < -0.4 is 4.74 Å². The molecule has 0 saturated carbocycles. The summed E-state index contributed by atoms with van der Waals surface area (Å²) in [5, 5.41) is 4.99. The van der Waals surface area contributed by atoms with E-state index < -0.39 is 6.04 Å². The average molecular weight is 448 g/mol. The van der Waals surface area contributed by atoms with Crippen LogP contribution in [0, 0.1) is 0 Å². The second kappa shape index (κ2) is 9.55. The van der Waals surface area contributed by atoms with Crippen molar-refractivity contribution in [1.29, 1.82) is 0 Å². The molecule has 0 radical (unpaired) electrons. The molecule has 0 amide bonds. The highest BCUT2D eigenvalue weighted by Crippen LogP contribution is 2.36. The van der Waals surface area contributed by atoms with Crippen LogP contribution in [0.1, 0.15) is 16.1 Å². The number of aromatic nitrogens is 2. The summed E-state index contributed by atoms with van der Waals surface area (Å²) in [5.41, 5.74) is 5.24. The molecule has 0 aliphatic rings. The molecule has 0 N–H and O–H groups in total. The van der Waals surface area contributed by atoms with E-state index in [0.29, 0.717) is 0 Å². The summed E-state index contributed by atoms with van der Waals surface area (Å²) in [4.78, 5) is 11.5. The maximum absolute atomic E-state index is 13.6. The molecule has 5 aromatic rings. The number of rotatable bonds is 7. The minimum atomic E-state index is -1.53. The van der Waals surface area contributed by atoms with Crippen molar-refractivity contribution >= 4 is 6.04 Å². The van der Waals surface area contributed by atoms with Crippen molar-refractivity contribution < 1.29 is 13.9 Å². The fourth-order valence-electron chi connectivity index (χ4n) is 3.98. The van der Waals surface area contributed by atoms with Crippen molar-refractivity contribution in [3.8, 4) is 33.8 Å². The number of hydrogen-bond acceptors (Lipinski definition) is 3. The van der Waals surface area contributed by atoms with Crippen molar-refractivity contribution in [2.24, 2.45) is 0 Å². The van der Waals surface area contributed by atoms with Crippen LogP contribution in [-0.4, -0.2) is 15.8 Å². The van der Waals surface area contributed by atoms with E-state index in [0.717, 1.165) is 33.8 Å². The van der Waals surface area contributed by atoms with Crippen LogP contribution in [0.15, 0.2) is 115 Å². The van der Waals surface area contributed by atoms with Crippen molar-refractivity contribution in [2.45, 2.75) is 6.61 Å². The first-order valence-electron chi connectivity index (χ1n) is 10.9. The van der Waals surface area contributed by atoms with E-state index in [1.807, 2.05) is 95.7 Å². The Labute approximate surface area is 196 Å². The zero-order valence-electron chi connectivity index (χ0n) is 18.3. The Kier molecular flexibility index (Phi) is 5.99. The minimum absolute atomic E-state index is 0.0866. The van der Waals surface area contributed by atoms with Crippen LogP contribution in [0.25, 0.3) is 28.1 Å². The Morgan fingerprint density at radius 1 is 0.735 bits per heavy atom. The van der Waals surface area contributed by atoms with Gasteiger partial charge in [-0.15, -0.1) is 0 Å². The summed E-state index contributed by atoms with van der Waals surface area (Å²) in [5.74, 6) is 0.191. The van der Waals surface area contributed by atoms with Gasteiger partial charge in [0, 0.05) is 11.1 Å². The van der Waals surface area contributed by atoms with Gasteiger partial charge in [-0.1, -0.05) is 91.0 Å². The number of carbonyl (C=O) groups excluding carboxylic acids is 1. The summed E-state index contributed by atoms with van der Waals surface area (Å²) in [6.07, 6.45) is 0. The quantitative estimate of drug-likeness (QED) is 0.255. The fraction of sp³-hybridized carbons (Fsp3) is 0.0345. The molecule has 5 rings (SSSR count). The highest BCUT2D eigenvalue weighted by Gasteiger charge is 2.23. The van der Waals surface area contributed by atoms with Gasteiger partial charge in [-0.05, 0) is 29.8 Å². The Balaban J connectivity index is 1.70. The van der Waals surface area contributed by atoms with Crippen LogP contribution in [0.4, 0.5) is 4.39 Å². The van der Waals surface area contributed by atoms with Crippen LogP contribution in [0.2, 0.25) is 0 Å². The number of nitrogens with zero attached hydrogens (tertiary/aromatic N) is 2. The van der Waals surface area contributed by atoms with E-state index in [-0.39, 0.29) is 17.9 Å². The van der Waals surface area contributed by atoms with E-state index in [2.05, 4.69) is 0 Å². The predicted molar refractivity (Wildman–Crippen MR) is 131 cm³/mol.